The predicted octanol–water partition coefficient (Wildman–Crippen LogP) is 4.40. The zero-order chi connectivity index (χ0) is 13.4. The molecule has 0 heterocycles. The molecule has 2 atom stereocenters. The van der Waals surface area contributed by atoms with Crippen LogP contribution in [0, 0.1) is 5.82 Å². The Balaban J connectivity index is 2.68. The van der Waals surface area contributed by atoms with E-state index in [0.717, 1.165) is 30.7 Å². The number of rotatable bonds is 8. The van der Waals surface area contributed by atoms with E-state index in [0.29, 0.717) is 5.25 Å². The van der Waals surface area contributed by atoms with Gasteiger partial charge in [-0.2, -0.15) is 11.8 Å². The minimum Gasteiger partial charge on any atom is -0.309 e. The van der Waals surface area contributed by atoms with Gasteiger partial charge in [0.2, 0.25) is 0 Å². The van der Waals surface area contributed by atoms with Crippen LogP contribution in [0.5, 0.6) is 0 Å². The molecule has 0 aliphatic rings. The number of thioether (sulfide) groups is 1. The van der Waals surface area contributed by atoms with Gasteiger partial charge in [-0.05, 0) is 25.5 Å². The van der Waals surface area contributed by atoms with Gasteiger partial charge in [0.1, 0.15) is 5.82 Å². The predicted molar refractivity (Wildman–Crippen MR) is 79.6 cm³/mol. The smallest absolute Gasteiger partial charge is 0.128 e. The maximum absolute atomic E-state index is 13.8. The summed E-state index contributed by atoms with van der Waals surface area (Å²) < 4.78 is 13.8. The average molecular weight is 269 g/mol. The Morgan fingerprint density at radius 1 is 1.28 bits per heavy atom. The van der Waals surface area contributed by atoms with E-state index in [1.165, 1.54) is 0 Å². The fourth-order valence-corrected chi connectivity index (χ4v) is 2.77. The summed E-state index contributed by atoms with van der Waals surface area (Å²) in [5.74, 6) is 0.825. The van der Waals surface area contributed by atoms with Crippen molar-refractivity contribution in [2.45, 2.75) is 44.9 Å². The molecule has 1 aromatic carbocycles. The van der Waals surface area contributed by atoms with Crippen LogP contribution in [0.1, 0.15) is 45.2 Å². The van der Waals surface area contributed by atoms with Gasteiger partial charge in [-0.1, -0.05) is 39.0 Å². The highest BCUT2D eigenvalue weighted by atomic mass is 32.2. The van der Waals surface area contributed by atoms with Crippen molar-refractivity contribution in [1.82, 2.24) is 5.32 Å². The Bertz CT molecular complexity index is 343. The number of nitrogens with one attached hydrogen (secondary N) is 1. The van der Waals surface area contributed by atoms with Gasteiger partial charge in [0, 0.05) is 22.6 Å². The Kier molecular flexibility index (Phi) is 7.36. The van der Waals surface area contributed by atoms with E-state index in [1.807, 2.05) is 23.9 Å². The zero-order valence-electron chi connectivity index (χ0n) is 11.6. The highest BCUT2D eigenvalue weighted by Crippen LogP contribution is 2.24. The second-order valence-corrected chi connectivity index (χ2v) is 6.05. The first-order valence-electron chi connectivity index (χ1n) is 6.78. The minimum atomic E-state index is -0.101. The van der Waals surface area contributed by atoms with Gasteiger partial charge in [-0.3, -0.25) is 0 Å². The summed E-state index contributed by atoms with van der Waals surface area (Å²) in [5.41, 5.74) is 0.793. The van der Waals surface area contributed by atoms with Crippen LogP contribution in [0.3, 0.4) is 0 Å². The lowest BCUT2D eigenvalue weighted by molar-refractivity contribution is 0.532. The summed E-state index contributed by atoms with van der Waals surface area (Å²) in [4.78, 5) is 0. The number of hydrogen-bond donors (Lipinski definition) is 1. The zero-order valence-corrected chi connectivity index (χ0v) is 12.4. The molecular weight excluding hydrogens is 245 g/mol. The molecule has 3 heteroatoms. The number of hydrogen-bond acceptors (Lipinski definition) is 2. The van der Waals surface area contributed by atoms with Crippen LogP contribution in [-0.4, -0.2) is 17.5 Å². The molecule has 0 saturated carbocycles. The van der Waals surface area contributed by atoms with Crippen molar-refractivity contribution in [2.75, 3.05) is 12.3 Å². The van der Waals surface area contributed by atoms with Crippen molar-refractivity contribution >= 4 is 11.8 Å². The summed E-state index contributed by atoms with van der Waals surface area (Å²) in [5, 5.41) is 4.07. The van der Waals surface area contributed by atoms with E-state index in [4.69, 9.17) is 0 Å². The molecule has 0 aliphatic heterocycles. The topological polar surface area (TPSA) is 12.0 Å². The molecule has 0 spiro atoms. The van der Waals surface area contributed by atoms with Gasteiger partial charge in [-0.15, -0.1) is 0 Å². The second-order valence-electron chi connectivity index (χ2n) is 4.58. The van der Waals surface area contributed by atoms with Crippen LogP contribution < -0.4 is 5.32 Å². The molecule has 1 aromatic rings. The highest BCUT2D eigenvalue weighted by molar-refractivity contribution is 7.99. The molecule has 1 N–H and O–H groups in total. The van der Waals surface area contributed by atoms with Gasteiger partial charge in [0.25, 0.3) is 0 Å². The van der Waals surface area contributed by atoms with Gasteiger partial charge < -0.3 is 5.32 Å². The quantitative estimate of drug-likeness (QED) is 0.751. The lowest BCUT2D eigenvalue weighted by Gasteiger charge is -2.21. The molecule has 1 nitrogen and oxygen atoms in total. The van der Waals surface area contributed by atoms with Crippen LogP contribution in [-0.2, 0) is 0 Å². The van der Waals surface area contributed by atoms with E-state index in [1.54, 1.807) is 12.1 Å². The van der Waals surface area contributed by atoms with Crippen molar-refractivity contribution in [3.8, 4) is 0 Å². The molecular formula is C15H24FNS. The third-order valence-corrected chi connectivity index (χ3v) is 4.47. The summed E-state index contributed by atoms with van der Waals surface area (Å²) in [6.07, 6.45) is 2.22. The fourth-order valence-electron chi connectivity index (χ4n) is 1.71. The molecule has 0 fully saturated rings. The van der Waals surface area contributed by atoms with Crippen LogP contribution in [0.2, 0.25) is 0 Å². The van der Waals surface area contributed by atoms with E-state index in [9.17, 15) is 4.39 Å². The van der Waals surface area contributed by atoms with Gasteiger partial charge in [-0.25, -0.2) is 4.39 Å². The van der Waals surface area contributed by atoms with E-state index in [-0.39, 0.29) is 11.9 Å². The highest BCUT2D eigenvalue weighted by Gasteiger charge is 2.15. The van der Waals surface area contributed by atoms with Crippen molar-refractivity contribution in [1.29, 1.82) is 0 Å². The van der Waals surface area contributed by atoms with Gasteiger partial charge in [0.15, 0.2) is 0 Å². The molecule has 2 unspecified atom stereocenters. The molecule has 0 amide bonds. The SMILES string of the molecule is CCCNC(CSC(C)CC)c1ccccc1F. The molecule has 0 radical (unpaired) electrons. The minimum absolute atomic E-state index is 0.101. The average Bonchev–Trinajstić information content (AvgIpc) is 2.39. The Morgan fingerprint density at radius 3 is 2.61 bits per heavy atom. The summed E-state index contributed by atoms with van der Waals surface area (Å²) in [6, 6.07) is 7.21. The van der Waals surface area contributed by atoms with Crippen molar-refractivity contribution in [3.05, 3.63) is 35.6 Å². The van der Waals surface area contributed by atoms with Crippen molar-refractivity contribution in [2.24, 2.45) is 0 Å². The Hall–Kier alpha value is -0.540. The molecule has 102 valence electrons. The monoisotopic (exact) mass is 269 g/mol. The lowest BCUT2D eigenvalue weighted by Crippen LogP contribution is -2.25. The second kappa shape index (κ2) is 8.54. The molecule has 0 bridgehead atoms. The van der Waals surface area contributed by atoms with E-state index >= 15 is 0 Å². The summed E-state index contributed by atoms with van der Waals surface area (Å²) >= 11 is 1.91. The lowest BCUT2D eigenvalue weighted by atomic mass is 10.1. The molecule has 18 heavy (non-hydrogen) atoms. The van der Waals surface area contributed by atoms with Crippen molar-refractivity contribution in [3.63, 3.8) is 0 Å². The van der Waals surface area contributed by atoms with E-state index in [2.05, 4.69) is 26.1 Å². The maximum atomic E-state index is 13.8. The third-order valence-electron chi connectivity index (χ3n) is 3.04. The first-order chi connectivity index (χ1) is 8.69. The van der Waals surface area contributed by atoms with Crippen LogP contribution in [0.15, 0.2) is 24.3 Å². The first kappa shape index (κ1) is 15.5. The van der Waals surface area contributed by atoms with E-state index < -0.39 is 0 Å². The summed E-state index contributed by atoms with van der Waals surface area (Å²) in [6.45, 7) is 7.48. The number of benzene rings is 1. The maximum Gasteiger partial charge on any atom is 0.128 e. The standard InChI is InChI=1S/C15H24FNS/c1-4-10-17-15(11-18-12(3)5-2)13-8-6-7-9-14(13)16/h6-9,12,15,17H,4-5,10-11H2,1-3H3. The normalized spacial score (nSPS) is 14.4. The largest absolute Gasteiger partial charge is 0.309 e. The molecule has 0 aliphatic carbocycles. The van der Waals surface area contributed by atoms with Gasteiger partial charge in [0.05, 0.1) is 0 Å². The number of halogens is 1. The van der Waals surface area contributed by atoms with Crippen LogP contribution in [0.25, 0.3) is 0 Å². The van der Waals surface area contributed by atoms with Crippen molar-refractivity contribution < 1.29 is 4.39 Å². The van der Waals surface area contributed by atoms with Crippen LogP contribution >= 0.6 is 11.8 Å². The fraction of sp³-hybridized carbons (Fsp3) is 0.600. The Labute approximate surface area is 115 Å². The molecule has 1 rings (SSSR count). The van der Waals surface area contributed by atoms with Gasteiger partial charge >= 0.3 is 0 Å². The Morgan fingerprint density at radius 2 is 2.00 bits per heavy atom. The summed E-state index contributed by atoms with van der Waals surface area (Å²) in [7, 11) is 0. The molecule has 0 aromatic heterocycles. The first-order valence-corrected chi connectivity index (χ1v) is 7.83. The third kappa shape index (κ3) is 4.99. The molecule has 0 saturated heterocycles. The van der Waals surface area contributed by atoms with Crippen LogP contribution in [0.4, 0.5) is 4.39 Å².